The fourth-order valence-corrected chi connectivity index (χ4v) is 2.56. The number of carbonyl (C=O) groups is 1. The van der Waals surface area contributed by atoms with Gasteiger partial charge in [-0.15, -0.1) is 0 Å². The summed E-state index contributed by atoms with van der Waals surface area (Å²) < 4.78 is 0. The van der Waals surface area contributed by atoms with Crippen LogP contribution in [-0.2, 0) is 11.3 Å². The smallest absolute Gasteiger partial charge is 0.224 e. The molecule has 3 nitrogen and oxygen atoms in total. The van der Waals surface area contributed by atoms with Gasteiger partial charge in [0, 0.05) is 30.0 Å². The maximum Gasteiger partial charge on any atom is 0.224 e. The zero-order valence-corrected chi connectivity index (χ0v) is 10.8. The van der Waals surface area contributed by atoms with Gasteiger partial charge in [0.1, 0.15) is 0 Å². The third-order valence-corrected chi connectivity index (χ3v) is 3.49. The van der Waals surface area contributed by atoms with Gasteiger partial charge in [0.2, 0.25) is 5.91 Å². The van der Waals surface area contributed by atoms with Gasteiger partial charge in [-0.2, -0.15) is 0 Å². The average Bonchev–Trinajstić information content (AvgIpc) is 2.51. The molecular weight excluding hydrogens is 268 g/mol. The number of alkyl halides is 1. The lowest BCUT2D eigenvalue weighted by Crippen LogP contribution is -2.24. The van der Waals surface area contributed by atoms with Crippen molar-refractivity contribution in [3.63, 3.8) is 0 Å². The molecule has 2 rings (SSSR count). The number of aryl methyl sites for hydroxylation is 1. The Bertz CT molecular complexity index is 419. The molecule has 0 aliphatic carbocycles. The Morgan fingerprint density at radius 2 is 2.31 bits per heavy atom. The monoisotopic (exact) mass is 282 g/mol. The molecule has 1 aliphatic heterocycles. The Morgan fingerprint density at radius 1 is 1.56 bits per heavy atom. The lowest BCUT2D eigenvalue weighted by Gasteiger charge is -2.16. The molecule has 0 radical (unpaired) electrons. The van der Waals surface area contributed by atoms with Gasteiger partial charge in [-0.05, 0) is 24.1 Å². The molecule has 86 valence electrons. The number of hydrogen-bond donors (Lipinski definition) is 1. The first-order valence-corrected chi connectivity index (χ1v) is 6.24. The van der Waals surface area contributed by atoms with E-state index >= 15 is 0 Å². The summed E-state index contributed by atoms with van der Waals surface area (Å²) >= 11 is 3.48. The third-order valence-electron chi connectivity index (χ3n) is 2.87. The first-order valence-electron chi connectivity index (χ1n) is 5.33. The zero-order chi connectivity index (χ0) is 11.7. The molecule has 0 bridgehead atoms. The van der Waals surface area contributed by atoms with E-state index in [-0.39, 0.29) is 5.91 Å². The van der Waals surface area contributed by atoms with Crippen molar-refractivity contribution in [3.05, 3.63) is 29.3 Å². The van der Waals surface area contributed by atoms with E-state index in [0.29, 0.717) is 17.8 Å². The van der Waals surface area contributed by atoms with Gasteiger partial charge >= 0.3 is 0 Å². The molecule has 1 atom stereocenters. The molecule has 1 aromatic rings. The minimum absolute atomic E-state index is 0.219. The summed E-state index contributed by atoms with van der Waals surface area (Å²) in [6.07, 6.45) is 0.605. The Morgan fingerprint density at radius 3 is 2.88 bits per heavy atom. The molecule has 1 aliphatic rings. The van der Waals surface area contributed by atoms with Crippen LogP contribution in [0.4, 0.5) is 5.69 Å². The fourth-order valence-electron chi connectivity index (χ4n) is 1.93. The SMILES string of the molecule is Cc1cc(CN2CC(Br)CC2=O)ccc1N. The van der Waals surface area contributed by atoms with E-state index in [4.69, 9.17) is 5.73 Å². The van der Waals surface area contributed by atoms with E-state index in [1.807, 2.05) is 30.0 Å². The highest BCUT2D eigenvalue weighted by Gasteiger charge is 2.27. The van der Waals surface area contributed by atoms with Crippen molar-refractivity contribution in [2.45, 2.75) is 24.7 Å². The highest BCUT2D eigenvalue weighted by molar-refractivity contribution is 9.09. The van der Waals surface area contributed by atoms with Gasteiger partial charge < -0.3 is 10.6 Å². The van der Waals surface area contributed by atoms with Gasteiger partial charge in [0.05, 0.1) is 0 Å². The number of benzene rings is 1. The predicted octanol–water partition coefficient (Wildman–Crippen LogP) is 2.07. The second-order valence-corrected chi connectivity index (χ2v) is 5.56. The van der Waals surface area contributed by atoms with Crippen LogP contribution in [0.2, 0.25) is 0 Å². The van der Waals surface area contributed by atoms with Crippen molar-refractivity contribution in [3.8, 4) is 0 Å². The van der Waals surface area contributed by atoms with Crippen LogP contribution < -0.4 is 5.73 Å². The Balaban J connectivity index is 2.09. The fraction of sp³-hybridized carbons (Fsp3) is 0.417. The molecule has 1 saturated heterocycles. The number of anilines is 1. The highest BCUT2D eigenvalue weighted by atomic mass is 79.9. The van der Waals surface area contributed by atoms with E-state index < -0.39 is 0 Å². The second-order valence-electron chi connectivity index (χ2n) is 4.27. The van der Waals surface area contributed by atoms with E-state index in [1.54, 1.807) is 0 Å². The van der Waals surface area contributed by atoms with Gasteiger partial charge in [0.15, 0.2) is 0 Å². The Kier molecular flexibility index (Phi) is 3.19. The first-order chi connectivity index (χ1) is 7.56. The molecule has 1 heterocycles. The number of halogens is 1. The number of nitrogens with zero attached hydrogens (tertiary/aromatic N) is 1. The summed E-state index contributed by atoms with van der Waals surface area (Å²) in [5.74, 6) is 0.219. The van der Waals surface area contributed by atoms with E-state index in [1.165, 1.54) is 0 Å². The van der Waals surface area contributed by atoms with Crippen molar-refractivity contribution in [1.82, 2.24) is 4.90 Å². The summed E-state index contributed by atoms with van der Waals surface area (Å²) in [5.41, 5.74) is 8.77. The zero-order valence-electron chi connectivity index (χ0n) is 9.24. The lowest BCUT2D eigenvalue weighted by molar-refractivity contribution is -0.128. The number of nitrogens with two attached hydrogens (primary N) is 1. The minimum atomic E-state index is 0.219. The largest absolute Gasteiger partial charge is 0.399 e. The van der Waals surface area contributed by atoms with Gasteiger partial charge in [-0.1, -0.05) is 28.1 Å². The number of nitrogen functional groups attached to an aromatic ring is 1. The van der Waals surface area contributed by atoms with Crippen LogP contribution in [0.3, 0.4) is 0 Å². The van der Waals surface area contributed by atoms with Gasteiger partial charge in [-0.3, -0.25) is 4.79 Å². The van der Waals surface area contributed by atoms with Crippen molar-refractivity contribution in [2.24, 2.45) is 0 Å². The van der Waals surface area contributed by atoms with Crippen molar-refractivity contribution in [1.29, 1.82) is 0 Å². The van der Waals surface area contributed by atoms with E-state index in [0.717, 1.165) is 23.4 Å². The predicted molar refractivity (Wildman–Crippen MR) is 68.3 cm³/mol. The quantitative estimate of drug-likeness (QED) is 0.667. The minimum Gasteiger partial charge on any atom is -0.399 e. The van der Waals surface area contributed by atoms with Crippen molar-refractivity contribution >= 4 is 27.5 Å². The molecule has 2 N–H and O–H groups in total. The Labute approximate surface area is 104 Å². The number of carbonyl (C=O) groups excluding carboxylic acids is 1. The molecule has 16 heavy (non-hydrogen) atoms. The summed E-state index contributed by atoms with van der Waals surface area (Å²) in [6.45, 7) is 3.46. The van der Waals surface area contributed by atoms with Crippen LogP contribution in [0.1, 0.15) is 17.5 Å². The van der Waals surface area contributed by atoms with Crippen LogP contribution in [0.25, 0.3) is 0 Å². The maximum absolute atomic E-state index is 11.6. The summed E-state index contributed by atoms with van der Waals surface area (Å²) in [5, 5.41) is 0. The molecule has 1 unspecified atom stereocenters. The van der Waals surface area contributed by atoms with Crippen LogP contribution in [0, 0.1) is 6.92 Å². The standard InChI is InChI=1S/C12H15BrN2O/c1-8-4-9(2-3-11(8)14)6-15-7-10(13)5-12(15)16/h2-4,10H,5-7,14H2,1H3. The van der Waals surface area contributed by atoms with Crippen molar-refractivity contribution < 1.29 is 4.79 Å². The molecule has 0 saturated carbocycles. The van der Waals surface area contributed by atoms with Gasteiger partial charge in [0.25, 0.3) is 0 Å². The first kappa shape index (κ1) is 11.5. The molecule has 0 aromatic heterocycles. The molecule has 0 spiro atoms. The summed E-state index contributed by atoms with van der Waals surface area (Å²) in [7, 11) is 0. The summed E-state index contributed by atoms with van der Waals surface area (Å²) in [6, 6.07) is 5.93. The summed E-state index contributed by atoms with van der Waals surface area (Å²) in [4.78, 5) is 13.8. The van der Waals surface area contributed by atoms with Crippen molar-refractivity contribution in [2.75, 3.05) is 12.3 Å². The molecule has 4 heteroatoms. The maximum atomic E-state index is 11.6. The van der Waals surface area contributed by atoms with E-state index in [2.05, 4.69) is 15.9 Å². The Hall–Kier alpha value is -1.03. The van der Waals surface area contributed by atoms with Crippen LogP contribution in [0.15, 0.2) is 18.2 Å². The lowest BCUT2D eigenvalue weighted by atomic mass is 10.1. The number of likely N-dealkylation sites (tertiary alicyclic amines) is 1. The molecule has 1 fully saturated rings. The highest BCUT2D eigenvalue weighted by Crippen LogP contribution is 2.21. The van der Waals surface area contributed by atoms with Crippen LogP contribution in [0.5, 0.6) is 0 Å². The molecule has 1 aromatic carbocycles. The van der Waals surface area contributed by atoms with Gasteiger partial charge in [-0.25, -0.2) is 0 Å². The molecule has 1 amide bonds. The number of amides is 1. The average molecular weight is 283 g/mol. The van der Waals surface area contributed by atoms with E-state index in [9.17, 15) is 4.79 Å². The normalized spacial score (nSPS) is 20.5. The second kappa shape index (κ2) is 4.45. The molecular formula is C12H15BrN2O. The number of hydrogen-bond acceptors (Lipinski definition) is 2. The number of rotatable bonds is 2. The van der Waals surface area contributed by atoms with Crippen LogP contribution in [-0.4, -0.2) is 22.2 Å². The third kappa shape index (κ3) is 2.38. The topological polar surface area (TPSA) is 46.3 Å². The van der Waals surface area contributed by atoms with Crippen LogP contribution >= 0.6 is 15.9 Å².